The standard InChI is InChI=1S/C17H23N3O5S2/c1-12-7-20(8-13(2)25-12)27(23,24)15-5-3-14(4-6-15)18-16(21)9-19-11-26-10-17(19)22/h3-6,12-13H,7-11H2,1-2H3,(H,18,21). The fourth-order valence-corrected chi connectivity index (χ4v) is 5.60. The molecule has 2 unspecified atom stereocenters. The predicted octanol–water partition coefficient (Wildman–Crippen LogP) is 0.956. The number of hydrogen-bond acceptors (Lipinski definition) is 6. The Morgan fingerprint density at radius 2 is 1.85 bits per heavy atom. The van der Waals surface area contributed by atoms with Crippen molar-refractivity contribution in [2.75, 3.05) is 36.6 Å². The Bertz CT molecular complexity index is 802. The van der Waals surface area contributed by atoms with Gasteiger partial charge in [0.05, 0.1) is 28.7 Å². The number of rotatable bonds is 5. The lowest BCUT2D eigenvalue weighted by Gasteiger charge is -2.34. The fourth-order valence-electron chi connectivity index (χ4n) is 3.10. The molecule has 3 rings (SSSR count). The Hall–Kier alpha value is -1.62. The van der Waals surface area contributed by atoms with E-state index < -0.39 is 10.0 Å². The van der Waals surface area contributed by atoms with E-state index in [-0.39, 0.29) is 35.5 Å². The van der Waals surface area contributed by atoms with E-state index in [1.54, 1.807) is 12.1 Å². The molecule has 27 heavy (non-hydrogen) atoms. The third kappa shape index (κ3) is 4.81. The van der Waals surface area contributed by atoms with Crippen LogP contribution < -0.4 is 5.32 Å². The largest absolute Gasteiger partial charge is 0.373 e. The van der Waals surface area contributed by atoms with E-state index >= 15 is 0 Å². The van der Waals surface area contributed by atoms with E-state index in [9.17, 15) is 18.0 Å². The molecule has 1 aromatic rings. The number of benzene rings is 1. The summed E-state index contributed by atoms with van der Waals surface area (Å²) in [7, 11) is -3.61. The van der Waals surface area contributed by atoms with Crippen LogP contribution in [-0.2, 0) is 24.3 Å². The summed E-state index contributed by atoms with van der Waals surface area (Å²) in [5.74, 6) is 0.557. The second-order valence-corrected chi connectivity index (χ2v) is 9.61. The summed E-state index contributed by atoms with van der Waals surface area (Å²) in [6, 6.07) is 6.07. The third-order valence-electron chi connectivity index (χ3n) is 4.32. The number of anilines is 1. The number of carbonyl (C=O) groups is 2. The first-order valence-corrected chi connectivity index (χ1v) is 11.3. The maximum absolute atomic E-state index is 12.8. The molecule has 148 valence electrons. The first-order valence-electron chi connectivity index (χ1n) is 8.67. The molecule has 1 N–H and O–H groups in total. The Morgan fingerprint density at radius 1 is 1.22 bits per heavy atom. The van der Waals surface area contributed by atoms with Crippen molar-refractivity contribution in [3.05, 3.63) is 24.3 Å². The smallest absolute Gasteiger partial charge is 0.244 e. The van der Waals surface area contributed by atoms with E-state index in [1.165, 1.54) is 33.1 Å². The van der Waals surface area contributed by atoms with Crippen LogP contribution in [0.25, 0.3) is 0 Å². The van der Waals surface area contributed by atoms with Gasteiger partial charge in [-0.05, 0) is 38.1 Å². The monoisotopic (exact) mass is 413 g/mol. The van der Waals surface area contributed by atoms with Crippen LogP contribution in [0.3, 0.4) is 0 Å². The Labute approximate surface area is 163 Å². The predicted molar refractivity (Wildman–Crippen MR) is 103 cm³/mol. The number of hydrogen-bond donors (Lipinski definition) is 1. The molecule has 0 radical (unpaired) electrons. The molecule has 0 spiro atoms. The van der Waals surface area contributed by atoms with Crippen LogP contribution in [0.5, 0.6) is 0 Å². The molecule has 2 amide bonds. The minimum Gasteiger partial charge on any atom is -0.373 e. The number of nitrogens with one attached hydrogen (secondary N) is 1. The van der Waals surface area contributed by atoms with Crippen LogP contribution in [0.4, 0.5) is 5.69 Å². The van der Waals surface area contributed by atoms with Crippen molar-refractivity contribution in [1.29, 1.82) is 0 Å². The lowest BCUT2D eigenvalue weighted by atomic mass is 10.3. The first-order chi connectivity index (χ1) is 12.8. The van der Waals surface area contributed by atoms with Gasteiger partial charge in [0.2, 0.25) is 21.8 Å². The van der Waals surface area contributed by atoms with Crippen molar-refractivity contribution in [3.8, 4) is 0 Å². The number of thioether (sulfide) groups is 1. The Morgan fingerprint density at radius 3 is 2.41 bits per heavy atom. The molecule has 2 heterocycles. The summed E-state index contributed by atoms with van der Waals surface area (Å²) in [4.78, 5) is 25.3. The van der Waals surface area contributed by atoms with Gasteiger partial charge in [-0.15, -0.1) is 11.8 Å². The van der Waals surface area contributed by atoms with Crippen molar-refractivity contribution in [2.45, 2.75) is 31.0 Å². The topological polar surface area (TPSA) is 96.0 Å². The molecular formula is C17H23N3O5S2. The number of nitrogens with zero attached hydrogens (tertiary/aromatic N) is 2. The van der Waals surface area contributed by atoms with Gasteiger partial charge >= 0.3 is 0 Å². The highest BCUT2D eigenvalue weighted by molar-refractivity contribution is 8.00. The van der Waals surface area contributed by atoms with E-state index in [0.717, 1.165) is 0 Å². The molecule has 0 aromatic heterocycles. The lowest BCUT2D eigenvalue weighted by molar-refractivity contribution is -0.130. The van der Waals surface area contributed by atoms with Gasteiger partial charge in [0.1, 0.15) is 6.54 Å². The normalized spacial score (nSPS) is 24.2. The van der Waals surface area contributed by atoms with Crippen molar-refractivity contribution in [3.63, 3.8) is 0 Å². The zero-order valence-corrected chi connectivity index (χ0v) is 16.9. The number of sulfonamides is 1. The van der Waals surface area contributed by atoms with Crippen LogP contribution >= 0.6 is 11.8 Å². The number of morpholine rings is 1. The molecule has 1 aromatic carbocycles. The lowest BCUT2D eigenvalue weighted by Crippen LogP contribution is -2.48. The molecule has 8 nitrogen and oxygen atoms in total. The highest BCUT2D eigenvalue weighted by Gasteiger charge is 2.32. The minimum atomic E-state index is -3.61. The maximum atomic E-state index is 12.8. The number of ether oxygens (including phenoxy) is 1. The molecule has 2 fully saturated rings. The zero-order chi connectivity index (χ0) is 19.6. The van der Waals surface area contributed by atoms with Crippen LogP contribution in [0, 0.1) is 0 Å². The fraction of sp³-hybridized carbons (Fsp3) is 0.529. The number of amides is 2. The number of carbonyl (C=O) groups excluding carboxylic acids is 2. The highest BCUT2D eigenvalue weighted by Crippen LogP contribution is 2.22. The molecule has 2 atom stereocenters. The molecule has 0 aliphatic carbocycles. The summed E-state index contributed by atoms with van der Waals surface area (Å²) in [6.45, 7) is 4.32. The van der Waals surface area contributed by atoms with Crippen molar-refractivity contribution < 1.29 is 22.7 Å². The molecule has 2 saturated heterocycles. The summed E-state index contributed by atoms with van der Waals surface area (Å²) in [6.07, 6.45) is -0.318. The molecule has 10 heteroatoms. The van der Waals surface area contributed by atoms with Crippen LogP contribution in [0.1, 0.15) is 13.8 Å². The van der Waals surface area contributed by atoms with Gasteiger partial charge in [-0.1, -0.05) is 0 Å². The van der Waals surface area contributed by atoms with E-state index in [0.29, 0.717) is 30.4 Å². The average Bonchev–Trinajstić information content (AvgIpc) is 2.99. The summed E-state index contributed by atoms with van der Waals surface area (Å²) >= 11 is 1.47. The van der Waals surface area contributed by atoms with Crippen LogP contribution in [0.15, 0.2) is 29.2 Å². The van der Waals surface area contributed by atoms with Gasteiger partial charge in [0.15, 0.2) is 0 Å². The maximum Gasteiger partial charge on any atom is 0.244 e. The summed E-state index contributed by atoms with van der Waals surface area (Å²) in [5, 5.41) is 2.69. The third-order valence-corrected chi connectivity index (χ3v) is 7.11. The van der Waals surface area contributed by atoms with Gasteiger partial charge in [0.25, 0.3) is 0 Å². The van der Waals surface area contributed by atoms with Gasteiger partial charge in [-0.2, -0.15) is 4.31 Å². The van der Waals surface area contributed by atoms with Gasteiger partial charge in [-0.3, -0.25) is 9.59 Å². The zero-order valence-electron chi connectivity index (χ0n) is 15.3. The highest BCUT2D eigenvalue weighted by atomic mass is 32.2. The SMILES string of the molecule is CC1CN(S(=O)(=O)c2ccc(NC(=O)CN3CSCC3=O)cc2)CC(C)O1. The van der Waals surface area contributed by atoms with Crippen molar-refractivity contribution >= 4 is 39.3 Å². The Kier molecular flexibility index (Phi) is 6.09. The molecule has 2 aliphatic rings. The second kappa shape index (κ2) is 8.17. The van der Waals surface area contributed by atoms with Crippen LogP contribution in [-0.4, -0.2) is 72.9 Å². The van der Waals surface area contributed by atoms with E-state index in [4.69, 9.17) is 4.74 Å². The molecule has 0 saturated carbocycles. The van der Waals surface area contributed by atoms with E-state index in [1.807, 2.05) is 13.8 Å². The summed E-state index contributed by atoms with van der Waals surface area (Å²) in [5.41, 5.74) is 0.488. The van der Waals surface area contributed by atoms with Gasteiger partial charge in [-0.25, -0.2) is 8.42 Å². The molecular weight excluding hydrogens is 390 g/mol. The van der Waals surface area contributed by atoms with E-state index in [2.05, 4.69) is 5.32 Å². The Balaban J connectivity index is 1.64. The van der Waals surface area contributed by atoms with Crippen molar-refractivity contribution in [2.24, 2.45) is 0 Å². The van der Waals surface area contributed by atoms with Crippen LogP contribution in [0.2, 0.25) is 0 Å². The summed E-state index contributed by atoms with van der Waals surface area (Å²) < 4.78 is 32.6. The molecule has 2 aliphatic heterocycles. The molecule has 0 bridgehead atoms. The second-order valence-electron chi connectivity index (χ2n) is 6.72. The minimum absolute atomic E-state index is 0.00453. The average molecular weight is 414 g/mol. The first kappa shape index (κ1) is 20.1. The quantitative estimate of drug-likeness (QED) is 0.772. The van der Waals surface area contributed by atoms with Gasteiger partial charge in [0, 0.05) is 18.8 Å². The van der Waals surface area contributed by atoms with Gasteiger partial charge < -0.3 is 15.0 Å². The van der Waals surface area contributed by atoms with Crippen molar-refractivity contribution in [1.82, 2.24) is 9.21 Å².